The minimum absolute atomic E-state index is 0. The van der Waals surface area contributed by atoms with Crippen LogP contribution in [0.3, 0.4) is 0 Å². The molecule has 0 bridgehead atoms. The SMILES string of the molecule is O=C([O-])C(=O)[S-].[Cu+2]. The minimum atomic E-state index is -1.81. The van der Waals surface area contributed by atoms with Crippen LogP contribution in [-0.2, 0) is 39.3 Å². The van der Waals surface area contributed by atoms with E-state index in [4.69, 9.17) is 9.90 Å². The molecule has 0 aliphatic carbocycles. The number of rotatable bonds is 1. The van der Waals surface area contributed by atoms with Crippen LogP contribution in [0.15, 0.2) is 0 Å². The van der Waals surface area contributed by atoms with E-state index in [-0.39, 0.29) is 17.1 Å². The molecule has 3 nitrogen and oxygen atoms in total. The zero-order valence-electron chi connectivity index (χ0n) is 2.93. The molecule has 0 heterocycles. The molecule has 0 unspecified atom stereocenters. The molecule has 5 heteroatoms. The van der Waals surface area contributed by atoms with Crippen molar-refractivity contribution in [1.29, 1.82) is 0 Å². The van der Waals surface area contributed by atoms with Gasteiger partial charge in [-0.15, -0.1) is 0 Å². The fourth-order valence-corrected chi connectivity index (χ4v) is 0. The standard InChI is InChI=1S/C2H2O3S.Cu/c3-1(4)2(5)6;/h(H,3,4)(H,5,6);/q;+2/p-2. The number of carboxylic acid groups (broad SMARTS) is 1. The molecule has 7 heavy (non-hydrogen) atoms. The fraction of sp³-hybridized carbons (Fsp3) is 0. The second-order valence-electron chi connectivity index (χ2n) is 0.575. The van der Waals surface area contributed by atoms with Gasteiger partial charge >= 0.3 is 17.1 Å². The van der Waals surface area contributed by atoms with E-state index < -0.39 is 11.1 Å². The topological polar surface area (TPSA) is 57.2 Å². The van der Waals surface area contributed by atoms with Gasteiger partial charge in [0, 0.05) is 0 Å². The van der Waals surface area contributed by atoms with Crippen molar-refractivity contribution in [3.05, 3.63) is 0 Å². The predicted molar refractivity (Wildman–Crippen MR) is 17.4 cm³/mol. The second kappa shape index (κ2) is 4.05. The molecule has 0 aliphatic heterocycles. The van der Waals surface area contributed by atoms with Gasteiger partial charge in [-0.2, -0.15) is 0 Å². The Balaban J connectivity index is 0. The maximum absolute atomic E-state index is 9.30. The summed E-state index contributed by atoms with van der Waals surface area (Å²) in [4.78, 5) is 18.4. The third-order valence-electron chi connectivity index (χ3n) is 0.167. The van der Waals surface area contributed by atoms with Crippen LogP contribution in [0.1, 0.15) is 0 Å². The Bertz CT molecular complexity index is 78.9. The molecule has 0 saturated carbocycles. The first-order chi connectivity index (χ1) is 2.64. The molecule has 0 aromatic rings. The van der Waals surface area contributed by atoms with Gasteiger partial charge in [-0.3, -0.25) is 0 Å². The van der Waals surface area contributed by atoms with Crippen molar-refractivity contribution in [2.24, 2.45) is 0 Å². The van der Waals surface area contributed by atoms with Crippen molar-refractivity contribution < 1.29 is 31.8 Å². The number of carboxylic acids is 1. The largest absolute Gasteiger partial charge is 2.00 e. The molecule has 0 atom stereocenters. The Morgan fingerprint density at radius 3 is 1.57 bits per heavy atom. The summed E-state index contributed by atoms with van der Waals surface area (Å²) in [7, 11) is 0. The van der Waals surface area contributed by atoms with Crippen molar-refractivity contribution in [1.82, 2.24) is 0 Å². The summed E-state index contributed by atoms with van der Waals surface area (Å²) >= 11 is 3.60. The van der Waals surface area contributed by atoms with Gasteiger partial charge in [-0.05, 0) is 0 Å². The number of carbonyl (C=O) groups excluding carboxylic acids is 2. The maximum Gasteiger partial charge on any atom is 2.00 e. The van der Waals surface area contributed by atoms with E-state index in [0.29, 0.717) is 0 Å². The molecule has 0 amide bonds. The van der Waals surface area contributed by atoms with Gasteiger partial charge in [-0.1, -0.05) is 0 Å². The Labute approximate surface area is 56.0 Å². The molecule has 0 aliphatic rings. The van der Waals surface area contributed by atoms with Crippen molar-refractivity contribution in [2.45, 2.75) is 0 Å². The molecule has 43 valence electrons. The molecule has 0 saturated heterocycles. The normalized spacial score (nSPS) is 6.29. The van der Waals surface area contributed by atoms with E-state index in [9.17, 15) is 4.79 Å². The second-order valence-corrected chi connectivity index (χ2v) is 0.946. The van der Waals surface area contributed by atoms with Crippen molar-refractivity contribution in [3.63, 3.8) is 0 Å². The molecule has 0 N–H and O–H groups in total. The quantitative estimate of drug-likeness (QED) is 0.253. The number of carbonyl (C=O) groups is 2. The summed E-state index contributed by atoms with van der Waals surface area (Å²) in [5.41, 5.74) is 0. The fourth-order valence-electron chi connectivity index (χ4n) is 0. The smallest absolute Gasteiger partial charge is 0.736 e. The van der Waals surface area contributed by atoms with Gasteiger partial charge in [0.15, 0.2) is 0 Å². The first-order valence-electron chi connectivity index (χ1n) is 1.07. The van der Waals surface area contributed by atoms with Crippen LogP contribution in [0.25, 0.3) is 0 Å². The van der Waals surface area contributed by atoms with E-state index >= 15 is 0 Å². The van der Waals surface area contributed by atoms with Crippen molar-refractivity contribution >= 4 is 23.7 Å². The predicted octanol–water partition coefficient (Wildman–Crippen LogP) is -2.19. The van der Waals surface area contributed by atoms with E-state index in [1.807, 2.05) is 0 Å². The summed E-state index contributed by atoms with van der Waals surface area (Å²) in [5, 5.41) is 7.78. The van der Waals surface area contributed by atoms with Gasteiger partial charge in [0.2, 0.25) is 0 Å². The molecule has 0 spiro atoms. The van der Waals surface area contributed by atoms with E-state index in [2.05, 4.69) is 12.6 Å². The van der Waals surface area contributed by atoms with Gasteiger partial charge in [0.25, 0.3) is 0 Å². The zero-order valence-corrected chi connectivity index (χ0v) is 4.69. The first kappa shape index (κ1) is 9.99. The van der Waals surface area contributed by atoms with Gasteiger partial charge in [0.05, 0.1) is 11.1 Å². The zero-order chi connectivity index (χ0) is 5.15. The summed E-state index contributed by atoms with van der Waals surface area (Å²) < 4.78 is 0. The van der Waals surface area contributed by atoms with Crippen LogP contribution in [0, 0.1) is 0 Å². The van der Waals surface area contributed by atoms with Gasteiger partial charge < -0.3 is 27.3 Å². The Hall–Kier alpha value is -0.121. The number of hydrogen-bond donors (Lipinski definition) is 0. The van der Waals surface area contributed by atoms with Crippen molar-refractivity contribution in [2.75, 3.05) is 0 Å². The summed E-state index contributed by atoms with van der Waals surface area (Å²) in [6, 6.07) is 0. The van der Waals surface area contributed by atoms with E-state index in [1.165, 1.54) is 0 Å². The van der Waals surface area contributed by atoms with E-state index in [0.717, 1.165) is 0 Å². The van der Waals surface area contributed by atoms with Crippen molar-refractivity contribution in [3.8, 4) is 0 Å². The summed E-state index contributed by atoms with van der Waals surface area (Å²) in [5.74, 6) is -1.81. The Kier molecular flexibility index (Phi) is 5.78. The molecule has 0 rings (SSSR count). The monoisotopic (exact) mass is 167 g/mol. The molecule has 0 aromatic carbocycles. The molecular weight excluding hydrogens is 168 g/mol. The molecule has 1 radical (unpaired) electrons. The van der Waals surface area contributed by atoms with Crippen LogP contribution >= 0.6 is 0 Å². The minimum Gasteiger partial charge on any atom is -0.736 e. The molecular formula is C2CuO3S. The van der Waals surface area contributed by atoms with Crippen LogP contribution in [0.4, 0.5) is 0 Å². The third kappa shape index (κ3) is 5.88. The Morgan fingerprint density at radius 1 is 1.43 bits per heavy atom. The number of aliphatic carboxylic acids is 1. The maximum atomic E-state index is 9.30. The average Bonchev–Trinajstić information content (AvgIpc) is 1.36. The van der Waals surface area contributed by atoms with E-state index in [1.54, 1.807) is 0 Å². The molecule has 0 aromatic heterocycles. The van der Waals surface area contributed by atoms with Crippen LogP contribution in [0.5, 0.6) is 0 Å². The van der Waals surface area contributed by atoms with Crippen LogP contribution < -0.4 is 5.11 Å². The first-order valence-corrected chi connectivity index (χ1v) is 1.47. The molecule has 0 fully saturated rings. The van der Waals surface area contributed by atoms with Crippen LogP contribution in [0.2, 0.25) is 0 Å². The number of hydrogen-bond acceptors (Lipinski definition) is 4. The Morgan fingerprint density at radius 2 is 1.57 bits per heavy atom. The van der Waals surface area contributed by atoms with Gasteiger partial charge in [0.1, 0.15) is 0 Å². The summed E-state index contributed by atoms with van der Waals surface area (Å²) in [6.45, 7) is 0. The van der Waals surface area contributed by atoms with Crippen LogP contribution in [-0.4, -0.2) is 11.1 Å². The summed E-state index contributed by atoms with van der Waals surface area (Å²) in [6.07, 6.45) is 0. The van der Waals surface area contributed by atoms with Gasteiger partial charge in [-0.25, -0.2) is 0 Å². The average molecular weight is 168 g/mol. The third-order valence-corrected chi connectivity index (χ3v) is 0.333.